The first-order valence-corrected chi connectivity index (χ1v) is 9.12. The average molecular weight is 369 g/mol. The Bertz CT molecular complexity index is 923. The van der Waals surface area contributed by atoms with Gasteiger partial charge in [0.05, 0.1) is 13.2 Å². The van der Waals surface area contributed by atoms with E-state index in [9.17, 15) is 14.5 Å². The van der Waals surface area contributed by atoms with Gasteiger partial charge in [-0.2, -0.15) is 0 Å². The van der Waals surface area contributed by atoms with Crippen LogP contribution in [0.3, 0.4) is 0 Å². The summed E-state index contributed by atoms with van der Waals surface area (Å²) in [7, 11) is -4.83. The zero-order valence-corrected chi connectivity index (χ0v) is 13.8. The van der Waals surface area contributed by atoms with Gasteiger partial charge in [0.1, 0.15) is 17.8 Å². The first kappa shape index (κ1) is 16.9. The van der Waals surface area contributed by atoms with Crippen molar-refractivity contribution in [3.8, 4) is 0 Å². The third kappa shape index (κ3) is 2.65. The Morgan fingerprint density at radius 3 is 2.80 bits per heavy atom. The molecule has 0 amide bonds. The Morgan fingerprint density at radius 1 is 1.32 bits per heavy atom. The zero-order valence-electron chi connectivity index (χ0n) is 12.9. The van der Waals surface area contributed by atoms with Crippen LogP contribution < -0.4 is 5.56 Å². The number of nitrogens with zero attached hydrogens (tertiary/aromatic N) is 1. The molecule has 1 aromatic carbocycles. The Labute approximate surface area is 141 Å². The van der Waals surface area contributed by atoms with E-state index in [0.717, 1.165) is 5.39 Å². The number of aliphatic hydroxyl groups is 1. The maximum atomic E-state index is 12.7. The van der Waals surface area contributed by atoms with Crippen molar-refractivity contribution >= 4 is 18.6 Å². The summed E-state index contributed by atoms with van der Waals surface area (Å²) in [5, 5.41) is 10.9. The second kappa shape index (κ2) is 5.72. The molecule has 10 heteroatoms. The van der Waals surface area contributed by atoms with Gasteiger partial charge in [-0.25, -0.2) is 4.57 Å². The topological polar surface area (TPSA) is 127 Å². The summed E-state index contributed by atoms with van der Waals surface area (Å²) in [5.41, 5.74) is -1.76. The van der Waals surface area contributed by atoms with E-state index in [2.05, 4.69) is 0 Å². The van der Waals surface area contributed by atoms with Crippen LogP contribution in [0.5, 0.6) is 0 Å². The maximum Gasteiger partial charge on any atom is 0.470 e. The van der Waals surface area contributed by atoms with Gasteiger partial charge < -0.3 is 24.4 Å². The van der Waals surface area contributed by atoms with Gasteiger partial charge in [0.15, 0.2) is 6.23 Å². The lowest BCUT2D eigenvalue weighted by Gasteiger charge is -2.30. The molecular weight excluding hydrogens is 353 g/mol. The highest BCUT2D eigenvalue weighted by atomic mass is 31.2. The van der Waals surface area contributed by atoms with E-state index < -0.39 is 38.5 Å². The van der Waals surface area contributed by atoms with Crippen LogP contribution in [0.25, 0.3) is 10.8 Å². The Kier molecular flexibility index (Phi) is 3.86. The van der Waals surface area contributed by atoms with Crippen molar-refractivity contribution in [2.24, 2.45) is 0 Å². The lowest BCUT2D eigenvalue weighted by atomic mass is 10.0. The molecule has 0 saturated carbocycles. The van der Waals surface area contributed by atoms with Crippen LogP contribution in [0.15, 0.2) is 41.3 Å². The molecule has 25 heavy (non-hydrogen) atoms. The van der Waals surface area contributed by atoms with Crippen LogP contribution >= 0.6 is 7.82 Å². The fourth-order valence-corrected chi connectivity index (χ4v) is 4.05. The average Bonchev–Trinajstić information content (AvgIpc) is 3.06. The zero-order chi connectivity index (χ0) is 17.8. The summed E-state index contributed by atoms with van der Waals surface area (Å²) in [6.07, 6.45) is -1.56. The highest BCUT2D eigenvalue weighted by molar-refractivity contribution is 7.46. The van der Waals surface area contributed by atoms with Crippen molar-refractivity contribution in [1.82, 2.24) is 4.57 Å². The van der Waals surface area contributed by atoms with Crippen molar-refractivity contribution in [3.63, 3.8) is 0 Å². The summed E-state index contributed by atoms with van der Waals surface area (Å²) in [4.78, 5) is 31.0. The molecular formula is C15H16NO8P. The molecule has 0 radical (unpaired) electrons. The van der Waals surface area contributed by atoms with Crippen LogP contribution in [0.2, 0.25) is 0 Å². The van der Waals surface area contributed by atoms with E-state index in [1.807, 2.05) is 6.07 Å². The molecule has 3 N–H and O–H groups in total. The molecule has 2 fully saturated rings. The normalized spacial score (nSPS) is 31.7. The number of benzene rings is 1. The van der Waals surface area contributed by atoms with Crippen molar-refractivity contribution in [2.75, 3.05) is 13.2 Å². The number of phosphoric acid groups is 1. The van der Waals surface area contributed by atoms with Crippen LogP contribution in [0.4, 0.5) is 0 Å². The predicted octanol–water partition coefficient (Wildman–Crippen LogP) is 0.138. The number of ether oxygens (including phenoxy) is 2. The molecule has 9 nitrogen and oxygen atoms in total. The molecule has 0 spiro atoms. The second-order valence-electron chi connectivity index (χ2n) is 6.14. The summed E-state index contributed by atoms with van der Waals surface area (Å²) >= 11 is 0. The van der Waals surface area contributed by atoms with Crippen LogP contribution in [-0.4, -0.2) is 50.5 Å². The predicted molar refractivity (Wildman–Crippen MR) is 84.8 cm³/mol. The van der Waals surface area contributed by atoms with Gasteiger partial charge in [-0.1, -0.05) is 18.2 Å². The summed E-state index contributed by atoms with van der Waals surface area (Å²) < 4.78 is 28.7. The molecule has 4 rings (SSSR count). The lowest BCUT2D eigenvalue weighted by molar-refractivity contribution is -0.186. The molecule has 2 saturated heterocycles. The summed E-state index contributed by atoms with van der Waals surface area (Å²) in [6, 6.07) is 8.76. The maximum absolute atomic E-state index is 12.7. The van der Waals surface area contributed by atoms with Crippen LogP contribution in [0, 0.1) is 0 Å². The van der Waals surface area contributed by atoms with Crippen molar-refractivity contribution < 1.29 is 33.5 Å². The SMILES string of the molecule is O=c1c2ccccc2ccn1[C@@H]1O[C@@]2(CO)CO[C@H]1[C@@H]2OP(=O)(O)O. The van der Waals surface area contributed by atoms with Crippen molar-refractivity contribution in [3.05, 3.63) is 46.9 Å². The third-order valence-corrected chi connectivity index (χ3v) is 5.11. The summed E-state index contributed by atoms with van der Waals surface area (Å²) in [5.74, 6) is 0. The number of hydrogen-bond acceptors (Lipinski definition) is 6. The molecule has 0 aliphatic carbocycles. The van der Waals surface area contributed by atoms with E-state index in [4.69, 9.17) is 23.8 Å². The second-order valence-corrected chi connectivity index (χ2v) is 7.33. The van der Waals surface area contributed by atoms with E-state index in [-0.39, 0.29) is 12.2 Å². The minimum absolute atomic E-state index is 0.0856. The van der Waals surface area contributed by atoms with Crippen LogP contribution in [-0.2, 0) is 18.6 Å². The largest absolute Gasteiger partial charge is 0.470 e. The molecule has 1 aromatic heterocycles. The van der Waals surface area contributed by atoms with Crippen molar-refractivity contribution in [2.45, 2.75) is 24.0 Å². The Morgan fingerprint density at radius 2 is 2.08 bits per heavy atom. The molecule has 4 atom stereocenters. The van der Waals surface area contributed by atoms with Gasteiger partial charge in [0.2, 0.25) is 0 Å². The number of pyridine rings is 1. The number of aromatic nitrogens is 1. The molecule has 0 unspecified atom stereocenters. The first-order chi connectivity index (χ1) is 11.8. The fourth-order valence-electron chi connectivity index (χ4n) is 3.44. The quantitative estimate of drug-likeness (QED) is 0.650. The van der Waals surface area contributed by atoms with E-state index >= 15 is 0 Å². The van der Waals surface area contributed by atoms with Gasteiger partial charge in [0.25, 0.3) is 5.56 Å². The molecule has 2 aromatic rings. The highest BCUT2D eigenvalue weighted by Crippen LogP contribution is 2.52. The van der Waals surface area contributed by atoms with Crippen LogP contribution in [0.1, 0.15) is 6.23 Å². The Hall–Kier alpha value is -1.58. The molecule has 2 aliphatic rings. The number of aliphatic hydroxyl groups excluding tert-OH is 1. The van der Waals surface area contributed by atoms with E-state index in [1.165, 1.54) is 10.8 Å². The van der Waals surface area contributed by atoms with Gasteiger partial charge in [-0.3, -0.25) is 13.9 Å². The third-order valence-electron chi connectivity index (χ3n) is 4.61. The monoisotopic (exact) mass is 369 g/mol. The number of rotatable bonds is 4. The van der Waals surface area contributed by atoms with Crippen molar-refractivity contribution in [1.29, 1.82) is 0 Å². The molecule has 2 bridgehead atoms. The Balaban J connectivity index is 1.77. The fraction of sp³-hybridized carbons (Fsp3) is 0.400. The minimum Gasteiger partial charge on any atom is -0.393 e. The van der Waals surface area contributed by atoms with Gasteiger partial charge in [0, 0.05) is 11.6 Å². The highest BCUT2D eigenvalue weighted by Gasteiger charge is 2.64. The van der Waals surface area contributed by atoms with E-state index in [0.29, 0.717) is 5.39 Å². The lowest BCUT2D eigenvalue weighted by Crippen LogP contribution is -2.45. The number of phosphoric ester groups is 1. The molecule has 2 aliphatic heterocycles. The standard InChI is InChI=1S/C15H16NO8P/c17-7-15-8-22-11(12(15)24-25(19,20)21)14(23-15)16-6-5-9-3-1-2-4-10(9)13(16)18/h1-6,11-12,14,17H,7-8H2,(H2,19,20,21)/t11-,12-,14+,15-/m0/s1. The number of hydrogen-bond donors (Lipinski definition) is 3. The van der Waals surface area contributed by atoms with Gasteiger partial charge in [-0.15, -0.1) is 0 Å². The molecule has 134 valence electrons. The first-order valence-electron chi connectivity index (χ1n) is 7.59. The van der Waals surface area contributed by atoms with Gasteiger partial charge >= 0.3 is 7.82 Å². The number of fused-ring (bicyclic) bond motifs is 3. The van der Waals surface area contributed by atoms with Gasteiger partial charge in [-0.05, 0) is 17.5 Å². The molecule has 3 heterocycles. The van der Waals surface area contributed by atoms with E-state index in [1.54, 1.807) is 24.3 Å². The summed E-state index contributed by atoms with van der Waals surface area (Å²) in [6.45, 7) is -0.648. The minimum atomic E-state index is -4.83. The smallest absolute Gasteiger partial charge is 0.393 e.